The topological polar surface area (TPSA) is 72.1 Å². The number of thiophene rings is 1. The zero-order chi connectivity index (χ0) is 18.1. The van der Waals surface area contributed by atoms with E-state index in [0.29, 0.717) is 11.0 Å². The molecule has 2 N–H and O–H groups in total. The Labute approximate surface area is 160 Å². The van der Waals surface area contributed by atoms with Gasteiger partial charge >= 0.3 is 0 Å². The van der Waals surface area contributed by atoms with Crippen molar-refractivity contribution in [3.63, 3.8) is 0 Å². The highest BCUT2D eigenvalue weighted by molar-refractivity contribution is 7.99. The molecule has 2 aromatic heterocycles. The lowest BCUT2D eigenvalue weighted by molar-refractivity contribution is -0.115. The largest absolute Gasteiger partial charge is 0.383 e. The number of benzene rings is 1. The van der Waals surface area contributed by atoms with Crippen molar-refractivity contribution in [1.29, 1.82) is 0 Å². The zero-order valence-corrected chi connectivity index (χ0v) is 16.2. The molecule has 0 atom stereocenters. The monoisotopic (exact) mass is 384 g/mol. The van der Waals surface area contributed by atoms with E-state index in [1.807, 2.05) is 30.3 Å². The van der Waals surface area contributed by atoms with E-state index in [0.717, 1.165) is 28.7 Å². The van der Waals surface area contributed by atoms with Crippen molar-refractivity contribution in [3.8, 4) is 0 Å². The molecule has 0 aliphatic heterocycles. The first-order valence-corrected chi connectivity index (χ1v) is 10.5. The van der Waals surface area contributed by atoms with Crippen LogP contribution in [0.5, 0.6) is 0 Å². The molecule has 1 amide bonds. The molecule has 1 aliphatic carbocycles. The molecule has 1 aromatic carbocycles. The van der Waals surface area contributed by atoms with Crippen molar-refractivity contribution < 1.29 is 4.79 Å². The summed E-state index contributed by atoms with van der Waals surface area (Å²) in [5, 5.41) is 1.60. The van der Waals surface area contributed by atoms with Gasteiger partial charge in [0.25, 0.3) is 0 Å². The molecule has 0 spiro atoms. The number of nitrogen functional groups attached to an aromatic ring is 1. The number of aryl methyl sites for hydroxylation is 2. The number of anilines is 2. The van der Waals surface area contributed by atoms with Gasteiger partial charge in [-0.1, -0.05) is 30.0 Å². The van der Waals surface area contributed by atoms with Crippen LogP contribution in [0.2, 0.25) is 0 Å². The van der Waals surface area contributed by atoms with Gasteiger partial charge in [-0.25, -0.2) is 9.97 Å². The lowest BCUT2D eigenvalue weighted by Crippen LogP contribution is -2.27. The maximum absolute atomic E-state index is 12.4. The SMILES string of the molecule is CN(C(=O)CSc1nc(N)c2c3c(sc2n1)CCCC3)c1ccccc1. The normalized spacial score (nSPS) is 13.6. The molecule has 4 rings (SSSR count). The molecule has 0 fully saturated rings. The molecule has 7 heteroatoms. The standard InChI is InChI=1S/C19H20N4OS2/c1-23(12-7-3-2-4-8-12)15(24)11-25-19-21-17(20)16-13-9-5-6-10-14(13)26-18(16)22-19/h2-4,7-8H,5-6,9-11H2,1H3,(H2,20,21,22). The van der Waals surface area contributed by atoms with Crippen LogP contribution >= 0.6 is 23.1 Å². The zero-order valence-electron chi connectivity index (χ0n) is 14.6. The summed E-state index contributed by atoms with van der Waals surface area (Å²) in [4.78, 5) is 25.6. The molecule has 3 aromatic rings. The minimum absolute atomic E-state index is 0.00828. The number of carbonyl (C=O) groups is 1. The predicted molar refractivity (Wildman–Crippen MR) is 109 cm³/mol. The highest BCUT2D eigenvalue weighted by Crippen LogP contribution is 2.38. The molecule has 1 aliphatic rings. The number of nitrogens with two attached hydrogens (primary N) is 1. The van der Waals surface area contributed by atoms with Gasteiger partial charge < -0.3 is 10.6 Å². The van der Waals surface area contributed by atoms with E-state index in [9.17, 15) is 4.79 Å². The Morgan fingerprint density at radius 2 is 2.00 bits per heavy atom. The van der Waals surface area contributed by atoms with Crippen molar-refractivity contribution in [2.24, 2.45) is 0 Å². The fraction of sp³-hybridized carbons (Fsp3) is 0.316. The van der Waals surface area contributed by atoms with Crippen molar-refractivity contribution in [2.75, 3.05) is 23.4 Å². The number of thioether (sulfide) groups is 1. The Morgan fingerprint density at radius 3 is 2.81 bits per heavy atom. The first-order valence-electron chi connectivity index (χ1n) is 8.65. The van der Waals surface area contributed by atoms with Gasteiger partial charge in [0.1, 0.15) is 10.6 Å². The van der Waals surface area contributed by atoms with Gasteiger partial charge in [-0.3, -0.25) is 4.79 Å². The lowest BCUT2D eigenvalue weighted by atomic mass is 9.97. The van der Waals surface area contributed by atoms with Crippen molar-refractivity contribution in [3.05, 3.63) is 40.8 Å². The van der Waals surface area contributed by atoms with Crippen LogP contribution in [0.3, 0.4) is 0 Å². The summed E-state index contributed by atoms with van der Waals surface area (Å²) in [7, 11) is 1.78. The summed E-state index contributed by atoms with van der Waals surface area (Å²) >= 11 is 3.07. The predicted octanol–water partition coefficient (Wildman–Crippen LogP) is 3.91. The second-order valence-corrected chi connectivity index (χ2v) is 8.39. The smallest absolute Gasteiger partial charge is 0.237 e. The van der Waals surface area contributed by atoms with Crippen LogP contribution in [0.15, 0.2) is 35.5 Å². The van der Waals surface area contributed by atoms with E-state index in [2.05, 4.69) is 9.97 Å². The maximum atomic E-state index is 12.4. The first kappa shape index (κ1) is 17.3. The van der Waals surface area contributed by atoms with Crippen molar-refractivity contribution in [1.82, 2.24) is 9.97 Å². The van der Waals surface area contributed by atoms with Crippen molar-refractivity contribution >= 4 is 50.7 Å². The molecular formula is C19H20N4OS2. The quantitative estimate of drug-likeness (QED) is 0.545. The molecule has 0 bridgehead atoms. The summed E-state index contributed by atoms with van der Waals surface area (Å²) in [6.45, 7) is 0. The molecular weight excluding hydrogens is 364 g/mol. The average molecular weight is 385 g/mol. The third kappa shape index (κ3) is 3.29. The Balaban J connectivity index is 1.52. The lowest BCUT2D eigenvalue weighted by Gasteiger charge is -2.16. The molecule has 0 radical (unpaired) electrons. The molecule has 0 unspecified atom stereocenters. The van der Waals surface area contributed by atoms with Crippen LogP contribution in [-0.4, -0.2) is 28.7 Å². The first-order chi connectivity index (χ1) is 12.6. The summed E-state index contributed by atoms with van der Waals surface area (Å²) in [5.74, 6) is 0.830. The van der Waals surface area contributed by atoms with Crippen molar-refractivity contribution in [2.45, 2.75) is 30.8 Å². The van der Waals surface area contributed by atoms with Gasteiger partial charge in [0, 0.05) is 17.6 Å². The minimum Gasteiger partial charge on any atom is -0.383 e. The van der Waals surface area contributed by atoms with E-state index in [-0.39, 0.29) is 11.7 Å². The Kier molecular flexibility index (Phi) is 4.82. The fourth-order valence-electron chi connectivity index (χ4n) is 3.25. The van der Waals surface area contributed by atoms with Crippen LogP contribution in [0.4, 0.5) is 11.5 Å². The summed E-state index contributed by atoms with van der Waals surface area (Å²) in [6.07, 6.45) is 4.61. The molecule has 0 saturated heterocycles. The average Bonchev–Trinajstić information content (AvgIpc) is 3.05. The number of rotatable bonds is 4. The number of hydrogen-bond donors (Lipinski definition) is 1. The van der Waals surface area contributed by atoms with Gasteiger partial charge in [0.15, 0.2) is 5.16 Å². The third-order valence-corrected chi connectivity index (χ3v) is 6.68. The Morgan fingerprint density at radius 1 is 1.23 bits per heavy atom. The Bertz CT molecular complexity index is 955. The highest BCUT2D eigenvalue weighted by atomic mass is 32.2. The van der Waals surface area contributed by atoms with Gasteiger partial charge in [0.05, 0.1) is 11.1 Å². The van der Waals surface area contributed by atoms with Crippen LogP contribution in [0, 0.1) is 0 Å². The fourth-order valence-corrected chi connectivity index (χ4v) is 5.34. The van der Waals surface area contributed by atoms with Crippen LogP contribution in [0.25, 0.3) is 10.2 Å². The van der Waals surface area contributed by atoms with Crippen LogP contribution in [-0.2, 0) is 17.6 Å². The number of aromatic nitrogens is 2. The molecule has 0 saturated carbocycles. The second kappa shape index (κ2) is 7.25. The van der Waals surface area contributed by atoms with E-state index >= 15 is 0 Å². The van der Waals surface area contributed by atoms with Gasteiger partial charge in [-0.05, 0) is 43.4 Å². The van der Waals surface area contributed by atoms with E-state index < -0.39 is 0 Å². The Hall–Kier alpha value is -2.12. The second-order valence-electron chi connectivity index (χ2n) is 6.36. The number of carbonyl (C=O) groups excluding carboxylic acids is 1. The number of nitrogens with zero attached hydrogens (tertiary/aromatic N) is 3. The van der Waals surface area contributed by atoms with Crippen LogP contribution in [0.1, 0.15) is 23.3 Å². The molecule has 2 heterocycles. The summed E-state index contributed by atoms with van der Waals surface area (Å²) < 4.78 is 0. The number of fused-ring (bicyclic) bond motifs is 3. The maximum Gasteiger partial charge on any atom is 0.237 e. The molecule has 26 heavy (non-hydrogen) atoms. The van der Waals surface area contributed by atoms with E-state index in [4.69, 9.17) is 5.73 Å². The summed E-state index contributed by atoms with van der Waals surface area (Å²) in [6, 6.07) is 9.60. The van der Waals surface area contributed by atoms with Crippen LogP contribution < -0.4 is 10.6 Å². The van der Waals surface area contributed by atoms with E-state index in [1.165, 1.54) is 35.0 Å². The number of hydrogen-bond acceptors (Lipinski definition) is 6. The highest BCUT2D eigenvalue weighted by Gasteiger charge is 2.20. The molecule has 134 valence electrons. The molecule has 5 nitrogen and oxygen atoms in total. The number of amides is 1. The van der Waals surface area contributed by atoms with Gasteiger partial charge in [-0.2, -0.15) is 0 Å². The van der Waals surface area contributed by atoms with E-state index in [1.54, 1.807) is 23.3 Å². The summed E-state index contributed by atoms with van der Waals surface area (Å²) in [5.41, 5.74) is 8.44. The number of para-hydroxylation sites is 1. The third-order valence-electron chi connectivity index (χ3n) is 4.66. The van der Waals surface area contributed by atoms with Gasteiger partial charge in [-0.15, -0.1) is 11.3 Å². The van der Waals surface area contributed by atoms with Gasteiger partial charge in [0.2, 0.25) is 5.91 Å². The minimum atomic E-state index is 0.00828.